The predicted molar refractivity (Wildman–Crippen MR) is 90.1 cm³/mol. The van der Waals surface area contributed by atoms with Crippen molar-refractivity contribution in [3.8, 4) is 5.75 Å². The molecular formula is C18H25NO4. The first-order chi connectivity index (χ1) is 11.0. The maximum absolute atomic E-state index is 12.1. The average Bonchev–Trinajstić information content (AvgIpc) is 2.57. The summed E-state index contributed by atoms with van der Waals surface area (Å²) in [5.74, 6) is -0.107. The summed E-state index contributed by atoms with van der Waals surface area (Å²) in [5.41, 5.74) is 0.851. The molecule has 1 atom stereocenters. The Kier molecular flexibility index (Phi) is 7.88. The number of methoxy groups -OCH3 is 1. The Balaban J connectivity index is 2.69. The van der Waals surface area contributed by atoms with Crippen molar-refractivity contribution < 1.29 is 19.1 Å². The van der Waals surface area contributed by atoms with Crippen LogP contribution in [0, 0.1) is 5.92 Å². The second kappa shape index (κ2) is 9.66. The first-order valence-corrected chi connectivity index (χ1v) is 7.72. The summed E-state index contributed by atoms with van der Waals surface area (Å²) in [6, 6.07) is 7.56. The van der Waals surface area contributed by atoms with Gasteiger partial charge in [0.25, 0.3) is 0 Å². The topological polar surface area (TPSA) is 55.8 Å². The van der Waals surface area contributed by atoms with Gasteiger partial charge >= 0.3 is 5.97 Å². The smallest absolute Gasteiger partial charge is 0.310 e. The molecular weight excluding hydrogens is 294 g/mol. The van der Waals surface area contributed by atoms with E-state index in [0.29, 0.717) is 13.2 Å². The van der Waals surface area contributed by atoms with Crippen LogP contribution >= 0.6 is 0 Å². The fourth-order valence-electron chi connectivity index (χ4n) is 2.03. The SMILES string of the molecule is CCCOc1ccccc1/C=C/C(=O)N(C)CC(C)C(=O)OC. The highest BCUT2D eigenvalue weighted by atomic mass is 16.5. The summed E-state index contributed by atoms with van der Waals surface area (Å²) in [5, 5.41) is 0. The molecule has 0 aliphatic rings. The minimum absolute atomic E-state index is 0.175. The lowest BCUT2D eigenvalue weighted by Crippen LogP contribution is -2.33. The average molecular weight is 319 g/mol. The van der Waals surface area contributed by atoms with Gasteiger partial charge in [0.15, 0.2) is 0 Å². The zero-order chi connectivity index (χ0) is 17.2. The number of likely N-dealkylation sites (N-methyl/N-ethyl adjacent to an activating group) is 1. The highest BCUT2D eigenvalue weighted by Crippen LogP contribution is 2.19. The van der Waals surface area contributed by atoms with Crippen molar-refractivity contribution in [2.24, 2.45) is 5.92 Å². The van der Waals surface area contributed by atoms with Crippen LogP contribution in [0.4, 0.5) is 0 Å². The normalized spacial score (nSPS) is 12.0. The van der Waals surface area contributed by atoms with Gasteiger partial charge in [0.2, 0.25) is 5.91 Å². The zero-order valence-electron chi connectivity index (χ0n) is 14.2. The van der Waals surface area contributed by atoms with E-state index in [-0.39, 0.29) is 17.8 Å². The number of nitrogens with zero attached hydrogens (tertiary/aromatic N) is 1. The number of amides is 1. The second-order valence-electron chi connectivity index (χ2n) is 5.36. The number of rotatable bonds is 8. The first kappa shape index (κ1) is 18.7. The second-order valence-corrected chi connectivity index (χ2v) is 5.36. The van der Waals surface area contributed by atoms with Crippen LogP contribution in [-0.2, 0) is 14.3 Å². The number of ether oxygens (including phenoxy) is 2. The maximum Gasteiger partial charge on any atom is 0.310 e. The zero-order valence-corrected chi connectivity index (χ0v) is 14.2. The summed E-state index contributed by atoms with van der Waals surface area (Å²) in [6.45, 7) is 4.71. The molecule has 0 spiro atoms. The van der Waals surface area contributed by atoms with Gasteiger partial charge in [0.05, 0.1) is 19.6 Å². The summed E-state index contributed by atoms with van der Waals surface area (Å²) >= 11 is 0. The lowest BCUT2D eigenvalue weighted by atomic mass is 10.1. The Morgan fingerprint density at radius 1 is 1.30 bits per heavy atom. The van der Waals surface area contributed by atoms with Crippen molar-refractivity contribution in [2.75, 3.05) is 27.3 Å². The Hall–Kier alpha value is -2.30. The van der Waals surface area contributed by atoms with Crippen molar-refractivity contribution in [3.05, 3.63) is 35.9 Å². The highest BCUT2D eigenvalue weighted by molar-refractivity contribution is 5.92. The van der Waals surface area contributed by atoms with Gasteiger partial charge in [-0.1, -0.05) is 32.0 Å². The molecule has 0 saturated heterocycles. The molecule has 0 aliphatic carbocycles. The quantitative estimate of drug-likeness (QED) is 0.546. The van der Waals surface area contributed by atoms with E-state index in [1.54, 1.807) is 20.0 Å². The van der Waals surface area contributed by atoms with Crippen molar-refractivity contribution in [1.82, 2.24) is 4.90 Å². The number of carbonyl (C=O) groups is 2. The Bertz CT molecular complexity index is 554. The molecule has 5 nitrogen and oxygen atoms in total. The third-order valence-electron chi connectivity index (χ3n) is 3.31. The van der Waals surface area contributed by atoms with Crippen LogP contribution in [0.25, 0.3) is 6.08 Å². The van der Waals surface area contributed by atoms with Gasteiger partial charge < -0.3 is 14.4 Å². The van der Waals surface area contributed by atoms with Crippen molar-refractivity contribution in [3.63, 3.8) is 0 Å². The number of para-hydroxylation sites is 1. The minimum atomic E-state index is -0.359. The summed E-state index contributed by atoms with van der Waals surface area (Å²) < 4.78 is 10.3. The third-order valence-corrected chi connectivity index (χ3v) is 3.31. The molecule has 5 heteroatoms. The van der Waals surface area contributed by atoms with Crippen LogP contribution in [0.15, 0.2) is 30.3 Å². The van der Waals surface area contributed by atoms with Gasteiger partial charge in [-0.2, -0.15) is 0 Å². The van der Waals surface area contributed by atoms with E-state index in [9.17, 15) is 9.59 Å². The molecule has 0 radical (unpaired) electrons. The predicted octanol–water partition coefficient (Wildman–Crippen LogP) is 2.76. The molecule has 1 amide bonds. The molecule has 0 aromatic heterocycles. The number of esters is 1. The molecule has 126 valence electrons. The van der Waals surface area contributed by atoms with Crippen molar-refractivity contribution in [1.29, 1.82) is 0 Å². The van der Waals surface area contributed by atoms with E-state index in [2.05, 4.69) is 4.74 Å². The number of benzene rings is 1. The van der Waals surface area contributed by atoms with E-state index in [1.165, 1.54) is 18.1 Å². The fourth-order valence-corrected chi connectivity index (χ4v) is 2.03. The van der Waals surface area contributed by atoms with E-state index in [1.807, 2.05) is 31.2 Å². The molecule has 23 heavy (non-hydrogen) atoms. The van der Waals surface area contributed by atoms with Crippen molar-refractivity contribution >= 4 is 18.0 Å². The Labute approximate surface area is 137 Å². The standard InChI is InChI=1S/C18H25NO4/c1-5-12-23-16-9-7-6-8-15(16)10-11-17(20)19(3)13-14(2)18(21)22-4/h6-11,14H,5,12-13H2,1-4H3/b11-10+. The van der Waals surface area contributed by atoms with E-state index in [4.69, 9.17) is 4.74 Å². The molecule has 0 bridgehead atoms. The van der Waals surface area contributed by atoms with Crippen LogP contribution in [0.1, 0.15) is 25.8 Å². The molecule has 1 aromatic carbocycles. The number of hydrogen-bond donors (Lipinski definition) is 0. The Morgan fingerprint density at radius 2 is 2.00 bits per heavy atom. The monoisotopic (exact) mass is 319 g/mol. The van der Waals surface area contributed by atoms with Crippen molar-refractivity contribution in [2.45, 2.75) is 20.3 Å². The molecule has 0 aliphatic heterocycles. The van der Waals surface area contributed by atoms with Crippen LogP contribution in [0.5, 0.6) is 5.75 Å². The number of carbonyl (C=O) groups excluding carboxylic acids is 2. The van der Waals surface area contributed by atoms with Crippen LogP contribution in [0.3, 0.4) is 0 Å². The lowest BCUT2D eigenvalue weighted by molar-refractivity contribution is -0.145. The largest absolute Gasteiger partial charge is 0.493 e. The van der Waals surface area contributed by atoms with Gasteiger partial charge in [-0.3, -0.25) is 9.59 Å². The van der Waals surface area contributed by atoms with Crippen LogP contribution in [-0.4, -0.2) is 44.1 Å². The maximum atomic E-state index is 12.1. The molecule has 1 rings (SSSR count). The van der Waals surface area contributed by atoms with Gasteiger partial charge in [-0.15, -0.1) is 0 Å². The first-order valence-electron chi connectivity index (χ1n) is 7.72. The third kappa shape index (κ3) is 6.14. The highest BCUT2D eigenvalue weighted by Gasteiger charge is 2.17. The molecule has 1 aromatic rings. The van der Waals surface area contributed by atoms with Gasteiger partial charge in [-0.25, -0.2) is 0 Å². The molecule has 0 saturated carbocycles. The van der Waals surface area contributed by atoms with Crippen LogP contribution < -0.4 is 4.74 Å². The summed E-state index contributed by atoms with van der Waals surface area (Å²) in [7, 11) is 3.00. The summed E-state index contributed by atoms with van der Waals surface area (Å²) in [6.07, 6.45) is 4.13. The van der Waals surface area contributed by atoms with E-state index < -0.39 is 0 Å². The fraction of sp³-hybridized carbons (Fsp3) is 0.444. The van der Waals surface area contributed by atoms with Gasteiger partial charge in [-0.05, 0) is 18.6 Å². The summed E-state index contributed by atoms with van der Waals surface area (Å²) in [4.78, 5) is 25.0. The molecule has 0 N–H and O–H groups in total. The van der Waals surface area contributed by atoms with Gasteiger partial charge in [0, 0.05) is 25.2 Å². The minimum Gasteiger partial charge on any atom is -0.493 e. The molecule has 0 heterocycles. The molecule has 0 fully saturated rings. The van der Waals surface area contributed by atoms with E-state index >= 15 is 0 Å². The van der Waals surface area contributed by atoms with E-state index in [0.717, 1.165) is 17.7 Å². The number of hydrogen-bond acceptors (Lipinski definition) is 4. The molecule has 1 unspecified atom stereocenters. The van der Waals surface area contributed by atoms with Gasteiger partial charge in [0.1, 0.15) is 5.75 Å². The lowest BCUT2D eigenvalue weighted by Gasteiger charge is -2.18. The van der Waals surface area contributed by atoms with Crippen LogP contribution in [0.2, 0.25) is 0 Å². The Morgan fingerprint density at radius 3 is 2.65 bits per heavy atom.